The van der Waals surface area contributed by atoms with Crippen LogP contribution >= 0.6 is 0 Å². The number of rotatable bonds is 10. The van der Waals surface area contributed by atoms with Gasteiger partial charge in [0, 0.05) is 56.1 Å². The molecule has 2 aromatic rings. The molecule has 0 amide bonds. The maximum atomic E-state index is 12.3. The van der Waals surface area contributed by atoms with Crippen molar-refractivity contribution < 1.29 is 34.8 Å². The van der Waals surface area contributed by atoms with Crippen LogP contribution in [0.15, 0.2) is 23.6 Å². The molecule has 2 aliphatic rings. The van der Waals surface area contributed by atoms with Crippen molar-refractivity contribution in [1.82, 2.24) is 24.6 Å². The van der Waals surface area contributed by atoms with Gasteiger partial charge < -0.3 is 25.3 Å². The summed E-state index contributed by atoms with van der Waals surface area (Å²) >= 11 is 0. The zero-order chi connectivity index (χ0) is 30.2. The highest BCUT2D eigenvalue weighted by molar-refractivity contribution is 5.88. The van der Waals surface area contributed by atoms with Gasteiger partial charge in [0.05, 0.1) is 24.2 Å². The maximum absolute atomic E-state index is 12.3. The van der Waals surface area contributed by atoms with E-state index in [1.54, 1.807) is 16.9 Å². The Kier molecular flexibility index (Phi) is 10.8. The van der Waals surface area contributed by atoms with Crippen molar-refractivity contribution in [3.05, 3.63) is 46.1 Å². The molecular formula is C27H38N6O8. The first-order valence-corrected chi connectivity index (χ1v) is 13.6. The number of aromatic nitrogens is 4. The van der Waals surface area contributed by atoms with Gasteiger partial charge in [-0.05, 0) is 45.6 Å². The molecular weight excluding hydrogens is 536 g/mol. The van der Waals surface area contributed by atoms with Gasteiger partial charge in [0.15, 0.2) is 5.60 Å². The van der Waals surface area contributed by atoms with E-state index in [4.69, 9.17) is 25.4 Å². The zero-order valence-corrected chi connectivity index (χ0v) is 23.2. The van der Waals surface area contributed by atoms with Crippen LogP contribution in [0.1, 0.15) is 67.8 Å². The Balaban J connectivity index is 0.000000302. The van der Waals surface area contributed by atoms with Crippen LogP contribution < -0.4 is 10.5 Å². The molecule has 1 atom stereocenters. The second-order valence-electron chi connectivity index (χ2n) is 10.5. The van der Waals surface area contributed by atoms with Gasteiger partial charge in [0.25, 0.3) is 5.56 Å². The Bertz CT molecular complexity index is 1280. The number of hydrogen-bond acceptors (Lipinski definition) is 9. The lowest BCUT2D eigenvalue weighted by molar-refractivity contribution is -0.170. The van der Waals surface area contributed by atoms with E-state index in [0.717, 1.165) is 62.9 Å². The summed E-state index contributed by atoms with van der Waals surface area (Å²) in [7, 11) is 0. The number of hydrogen-bond donors (Lipinski definition) is 5. The second kappa shape index (κ2) is 14.0. The molecule has 0 spiro atoms. The first-order valence-electron chi connectivity index (χ1n) is 13.6. The normalized spacial score (nSPS) is 17.8. The predicted octanol–water partition coefficient (Wildman–Crippen LogP) is 1.50. The van der Waals surface area contributed by atoms with E-state index in [1.807, 2.05) is 13.1 Å². The molecule has 0 radical (unpaired) electrons. The highest BCUT2D eigenvalue weighted by atomic mass is 16.4. The molecule has 0 saturated carbocycles. The first-order chi connectivity index (χ1) is 19.4. The van der Waals surface area contributed by atoms with Crippen LogP contribution in [0.2, 0.25) is 0 Å². The third-order valence-corrected chi connectivity index (χ3v) is 7.21. The van der Waals surface area contributed by atoms with Crippen LogP contribution in [-0.2, 0) is 20.9 Å². The third kappa shape index (κ3) is 8.98. The monoisotopic (exact) mass is 574 g/mol. The van der Waals surface area contributed by atoms with Crippen LogP contribution in [0.25, 0.3) is 6.20 Å². The average Bonchev–Trinajstić information content (AvgIpc) is 3.27. The lowest BCUT2D eigenvalue weighted by atomic mass is 9.94. The molecule has 2 saturated heterocycles. The van der Waals surface area contributed by atoms with Gasteiger partial charge >= 0.3 is 17.9 Å². The van der Waals surface area contributed by atoms with Gasteiger partial charge in [0.2, 0.25) is 5.95 Å². The van der Waals surface area contributed by atoms with Gasteiger partial charge in [0.1, 0.15) is 0 Å². The van der Waals surface area contributed by atoms with Crippen molar-refractivity contribution in [2.75, 3.05) is 31.1 Å². The van der Waals surface area contributed by atoms with Crippen LogP contribution in [0.4, 0.5) is 5.95 Å². The third-order valence-electron chi connectivity index (χ3n) is 7.21. The Morgan fingerprint density at radius 2 is 1.76 bits per heavy atom. The molecule has 2 fully saturated rings. The van der Waals surface area contributed by atoms with Gasteiger partial charge in [-0.15, -0.1) is 0 Å². The highest BCUT2D eigenvalue weighted by Gasteiger charge is 2.40. The Morgan fingerprint density at radius 1 is 1.10 bits per heavy atom. The molecule has 0 aromatic carbocycles. The number of aryl methyl sites for hydroxylation is 1. The molecule has 4 heterocycles. The summed E-state index contributed by atoms with van der Waals surface area (Å²) in [4.78, 5) is 55.3. The topological polar surface area (TPSA) is 202 Å². The number of nitrogens with zero attached hydrogens (tertiary/aromatic N) is 5. The van der Waals surface area contributed by atoms with E-state index in [1.165, 1.54) is 24.8 Å². The van der Waals surface area contributed by atoms with Crippen LogP contribution in [-0.4, -0.2) is 94.8 Å². The number of likely N-dealkylation sites (tertiary alicyclic amines) is 1. The molecule has 41 heavy (non-hydrogen) atoms. The van der Waals surface area contributed by atoms with Gasteiger partial charge in [-0.3, -0.25) is 24.3 Å². The van der Waals surface area contributed by atoms with Gasteiger partial charge in [-0.25, -0.2) is 14.5 Å². The summed E-state index contributed by atoms with van der Waals surface area (Å²) in [6, 6.07) is 1.70. The first kappa shape index (κ1) is 31.5. The van der Waals surface area contributed by atoms with E-state index < -0.39 is 36.4 Å². The Labute approximate surface area is 236 Å². The number of aromatic amines is 1. The smallest absolute Gasteiger partial charge is 0.336 e. The fourth-order valence-electron chi connectivity index (χ4n) is 5.09. The number of carboxylic acid groups (broad SMARTS) is 3. The Morgan fingerprint density at radius 3 is 2.32 bits per heavy atom. The van der Waals surface area contributed by atoms with E-state index in [9.17, 15) is 19.2 Å². The molecule has 0 aliphatic carbocycles. The zero-order valence-electron chi connectivity index (χ0n) is 23.2. The number of nitrogens with one attached hydrogen (secondary N) is 1. The lowest BCUT2D eigenvalue weighted by Gasteiger charge is -2.33. The minimum Gasteiger partial charge on any atom is -0.481 e. The largest absolute Gasteiger partial charge is 0.481 e. The second-order valence-corrected chi connectivity index (χ2v) is 10.5. The molecule has 14 nitrogen and oxygen atoms in total. The fourth-order valence-corrected chi connectivity index (χ4v) is 5.09. The van der Waals surface area contributed by atoms with Crippen molar-refractivity contribution in [3.63, 3.8) is 0 Å². The van der Waals surface area contributed by atoms with E-state index in [0.29, 0.717) is 5.92 Å². The average molecular weight is 575 g/mol. The maximum Gasteiger partial charge on any atom is 0.336 e. The molecule has 2 aromatic heterocycles. The van der Waals surface area contributed by atoms with E-state index in [-0.39, 0.29) is 5.56 Å². The van der Waals surface area contributed by atoms with Crippen LogP contribution in [0.3, 0.4) is 0 Å². The number of anilines is 1. The molecule has 224 valence electrons. The van der Waals surface area contributed by atoms with Crippen LogP contribution in [0, 0.1) is 6.92 Å². The van der Waals surface area contributed by atoms with Crippen molar-refractivity contribution in [2.24, 2.45) is 0 Å². The lowest BCUT2D eigenvalue weighted by Crippen LogP contribution is -2.42. The van der Waals surface area contributed by atoms with Crippen LogP contribution in [0.5, 0.6) is 0 Å². The number of H-pyrrole nitrogens is 1. The van der Waals surface area contributed by atoms with Crippen molar-refractivity contribution in [2.45, 2.75) is 69.9 Å². The molecule has 4 rings (SSSR count). The van der Waals surface area contributed by atoms with Gasteiger partial charge in [-0.2, -0.15) is 5.10 Å². The fraction of sp³-hybridized carbons (Fsp3) is 0.556. The number of piperidine rings is 2. The quantitative estimate of drug-likeness (QED) is 0.274. The summed E-state index contributed by atoms with van der Waals surface area (Å²) in [5.41, 5.74) is 0.438. The molecule has 0 bridgehead atoms. The standard InChI is InChI=1S/C21H30N6O.C6H8O7/c1-3-27-15-18(16(2)24-27)14-25-9-7-8-17(13-25)19-12-20(28)23-21(22-19)26-10-5-4-6-11-26;7-3(8)1-6(13,5(11)12)2-4(9)10/h3,12,15,17H,1,4-11,13-14H2,2H3,(H,22,23,28);13H,1-2H2,(H,7,8)(H,9,10)(H,11,12). The van der Waals surface area contributed by atoms with Crippen molar-refractivity contribution >= 4 is 30.1 Å². The SMILES string of the molecule is C=Cn1cc(CN2CCCC(c3cc(=O)[nH]c(N4CCCCC4)n3)C2)c(C)n1.O=C(O)CC(O)(CC(=O)O)C(=O)O. The molecule has 14 heteroatoms. The summed E-state index contributed by atoms with van der Waals surface area (Å²) < 4.78 is 1.77. The predicted molar refractivity (Wildman–Crippen MR) is 149 cm³/mol. The minimum atomic E-state index is -2.74. The minimum absolute atomic E-state index is 0.0363. The highest BCUT2D eigenvalue weighted by Crippen LogP contribution is 2.27. The van der Waals surface area contributed by atoms with Crippen molar-refractivity contribution in [3.8, 4) is 0 Å². The van der Waals surface area contributed by atoms with Gasteiger partial charge in [-0.1, -0.05) is 6.58 Å². The Hall–Kier alpha value is -4.04. The molecule has 5 N–H and O–H groups in total. The number of aliphatic carboxylic acids is 3. The number of aliphatic hydroxyl groups is 1. The summed E-state index contributed by atoms with van der Waals surface area (Å²) in [6.45, 7) is 10.7. The van der Waals surface area contributed by atoms with E-state index >= 15 is 0 Å². The summed E-state index contributed by atoms with van der Waals surface area (Å²) in [6.07, 6.45) is 7.28. The van der Waals surface area contributed by atoms with E-state index in [2.05, 4.69) is 26.5 Å². The summed E-state index contributed by atoms with van der Waals surface area (Å²) in [5.74, 6) is -3.97. The number of carboxylic acids is 3. The van der Waals surface area contributed by atoms with Crippen molar-refractivity contribution in [1.29, 1.82) is 0 Å². The summed E-state index contributed by atoms with van der Waals surface area (Å²) in [5, 5.41) is 38.3. The molecule has 1 unspecified atom stereocenters. The number of carbonyl (C=O) groups is 3. The molecule has 2 aliphatic heterocycles.